The van der Waals surface area contributed by atoms with E-state index in [4.69, 9.17) is 27.9 Å². The second-order valence-corrected chi connectivity index (χ2v) is 5.69. The van der Waals surface area contributed by atoms with E-state index in [1.165, 1.54) is 35.9 Å². The smallest absolute Gasteiger partial charge is 0.308 e. The van der Waals surface area contributed by atoms with Crippen LogP contribution in [0.3, 0.4) is 0 Å². The third kappa shape index (κ3) is 2.91. The van der Waals surface area contributed by atoms with Crippen LogP contribution >= 0.6 is 23.2 Å². The summed E-state index contributed by atoms with van der Waals surface area (Å²) in [6.45, 7) is 1.24. The maximum absolute atomic E-state index is 11.3. The number of non-ortho nitro benzene ring substituents is 1. The number of halogens is 2. The highest BCUT2D eigenvalue weighted by atomic mass is 35.5. The van der Waals surface area contributed by atoms with Gasteiger partial charge in [0.15, 0.2) is 5.75 Å². The van der Waals surface area contributed by atoms with Gasteiger partial charge in [-0.3, -0.25) is 14.9 Å². The molecular weight excluding hydrogens is 357 g/mol. The molecular formula is C15H9Cl2N3O4. The Balaban J connectivity index is 2.21. The summed E-state index contributed by atoms with van der Waals surface area (Å²) in [5.41, 5.74) is 0.739. The van der Waals surface area contributed by atoms with Gasteiger partial charge in [0.05, 0.1) is 20.5 Å². The van der Waals surface area contributed by atoms with Gasteiger partial charge in [-0.05, 0) is 18.2 Å². The molecule has 9 heteroatoms. The van der Waals surface area contributed by atoms with E-state index in [2.05, 4.69) is 5.10 Å². The fourth-order valence-electron chi connectivity index (χ4n) is 2.22. The van der Waals surface area contributed by atoms with Crippen LogP contribution in [0.5, 0.6) is 5.75 Å². The summed E-state index contributed by atoms with van der Waals surface area (Å²) in [5.74, 6) is -0.494. The van der Waals surface area contributed by atoms with Crippen molar-refractivity contribution in [2.45, 2.75) is 6.92 Å². The number of esters is 1. The zero-order valence-corrected chi connectivity index (χ0v) is 13.7. The molecule has 0 aliphatic carbocycles. The van der Waals surface area contributed by atoms with Gasteiger partial charge in [0.2, 0.25) is 0 Å². The van der Waals surface area contributed by atoms with E-state index in [1.807, 2.05) is 0 Å². The molecule has 3 aromatic rings. The third-order valence-corrected chi connectivity index (χ3v) is 3.81. The molecule has 3 rings (SSSR count). The van der Waals surface area contributed by atoms with Crippen molar-refractivity contribution >= 4 is 45.8 Å². The quantitative estimate of drug-likeness (QED) is 0.301. The normalized spacial score (nSPS) is 10.8. The lowest BCUT2D eigenvalue weighted by Gasteiger charge is -2.12. The number of nitro groups is 1. The average molecular weight is 366 g/mol. The van der Waals surface area contributed by atoms with Crippen molar-refractivity contribution in [2.75, 3.05) is 0 Å². The van der Waals surface area contributed by atoms with Crippen LogP contribution in [0.25, 0.3) is 16.6 Å². The van der Waals surface area contributed by atoms with E-state index in [0.717, 1.165) is 0 Å². The van der Waals surface area contributed by atoms with Crippen molar-refractivity contribution in [2.24, 2.45) is 0 Å². The van der Waals surface area contributed by atoms with E-state index in [1.54, 1.807) is 12.3 Å². The molecule has 0 bridgehead atoms. The molecule has 0 aliphatic rings. The molecule has 0 saturated carbocycles. The lowest BCUT2D eigenvalue weighted by Crippen LogP contribution is -2.07. The van der Waals surface area contributed by atoms with Gasteiger partial charge in [0.25, 0.3) is 5.69 Å². The molecule has 0 N–H and O–H groups in total. The maximum atomic E-state index is 11.3. The molecule has 0 fully saturated rings. The Morgan fingerprint density at radius 1 is 1.25 bits per heavy atom. The SMILES string of the molecule is CC(=O)Oc1c(Cl)ccc(Cl)c1-n1cc2cc([N+](=O)[O-])ccc2n1. The molecule has 7 nitrogen and oxygen atoms in total. The highest BCUT2D eigenvalue weighted by molar-refractivity contribution is 6.36. The number of aromatic nitrogens is 2. The first-order valence-electron chi connectivity index (χ1n) is 6.67. The second kappa shape index (κ2) is 6.10. The first-order valence-corrected chi connectivity index (χ1v) is 7.43. The number of hydrogen-bond donors (Lipinski definition) is 0. The predicted molar refractivity (Wildman–Crippen MR) is 89.1 cm³/mol. The Morgan fingerprint density at radius 2 is 1.96 bits per heavy atom. The predicted octanol–water partition coefficient (Wildman–Crippen LogP) is 4.17. The number of nitrogens with zero attached hydrogens (tertiary/aromatic N) is 3. The zero-order chi connectivity index (χ0) is 17.4. The lowest BCUT2D eigenvalue weighted by molar-refractivity contribution is -0.384. The summed E-state index contributed by atoms with van der Waals surface area (Å²) in [6.07, 6.45) is 1.55. The van der Waals surface area contributed by atoms with Gasteiger partial charge in [-0.1, -0.05) is 23.2 Å². The minimum Gasteiger partial charge on any atom is -0.423 e. The standard InChI is InChI=1S/C15H9Cl2N3O4/c1-8(21)24-15-12(17)4-3-11(16)14(15)19-7-9-6-10(20(22)23)2-5-13(9)18-19/h2-7H,1H3. The summed E-state index contributed by atoms with van der Waals surface area (Å²) < 4.78 is 6.52. The van der Waals surface area contributed by atoms with E-state index in [-0.39, 0.29) is 27.2 Å². The second-order valence-electron chi connectivity index (χ2n) is 4.87. The van der Waals surface area contributed by atoms with E-state index >= 15 is 0 Å². The molecule has 1 aromatic heterocycles. The molecule has 0 saturated heterocycles. The maximum Gasteiger partial charge on any atom is 0.308 e. The highest BCUT2D eigenvalue weighted by Gasteiger charge is 2.19. The first kappa shape index (κ1) is 16.2. The van der Waals surface area contributed by atoms with Crippen molar-refractivity contribution in [3.05, 3.63) is 56.7 Å². The molecule has 0 aliphatic heterocycles. The van der Waals surface area contributed by atoms with Gasteiger partial charge >= 0.3 is 5.97 Å². The Morgan fingerprint density at radius 3 is 2.62 bits per heavy atom. The molecule has 0 atom stereocenters. The van der Waals surface area contributed by atoms with Gasteiger partial charge in [0, 0.05) is 30.6 Å². The summed E-state index contributed by atoms with van der Waals surface area (Å²) >= 11 is 12.3. The van der Waals surface area contributed by atoms with Crippen LogP contribution in [0.2, 0.25) is 10.0 Å². The molecule has 2 aromatic carbocycles. The van der Waals surface area contributed by atoms with E-state index < -0.39 is 10.9 Å². The monoisotopic (exact) mass is 365 g/mol. The Labute approximate surface area is 145 Å². The number of nitro benzene ring substituents is 1. The van der Waals surface area contributed by atoms with Crippen molar-refractivity contribution in [1.82, 2.24) is 9.78 Å². The number of carbonyl (C=O) groups is 1. The zero-order valence-electron chi connectivity index (χ0n) is 12.2. The highest BCUT2D eigenvalue weighted by Crippen LogP contribution is 2.37. The largest absolute Gasteiger partial charge is 0.423 e. The van der Waals surface area contributed by atoms with Gasteiger partial charge < -0.3 is 4.74 Å². The lowest BCUT2D eigenvalue weighted by atomic mass is 10.2. The molecule has 122 valence electrons. The van der Waals surface area contributed by atoms with Crippen LogP contribution in [0.4, 0.5) is 5.69 Å². The fraction of sp³-hybridized carbons (Fsp3) is 0.0667. The molecule has 0 radical (unpaired) electrons. The minimum atomic E-state index is -0.562. The van der Waals surface area contributed by atoms with Gasteiger partial charge in [-0.15, -0.1) is 0 Å². The van der Waals surface area contributed by atoms with Crippen molar-refractivity contribution in [3.63, 3.8) is 0 Å². The summed E-state index contributed by atoms with van der Waals surface area (Å²) in [5, 5.41) is 16.2. The molecule has 0 unspecified atom stereocenters. The van der Waals surface area contributed by atoms with Crippen LogP contribution in [0.15, 0.2) is 36.5 Å². The summed E-state index contributed by atoms with van der Waals surface area (Å²) in [7, 11) is 0. The summed E-state index contributed by atoms with van der Waals surface area (Å²) in [6, 6.07) is 7.31. The fourth-order valence-corrected chi connectivity index (χ4v) is 2.64. The topological polar surface area (TPSA) is 87.3 Å². The van der Waals surface area contributed by atoms with Crippen molar-refractivity contribution < 1.29 is 14.5 Å². The van der Waals surface area contributed by atoms with E-state index in [0.29, 0.717) is 10.9 Å². The number of rotatable bonds is 3. The van der Waals surface area contributed by atoms with Crippen LogP contribution in [0, 0.1) is 10.1 Å². The molecule has 1 heterocycles. The van der Waals surface area contributed by atoms with E-state index in [9.17, 15) is 14.9 Å². The molecule has 24 heavy (non-hydrogen) atoms. The number of carbonyl (C=O) groups excluding carboxylic acids is 1. The number of ether oxygens (including phenoxy) is 1. The third-order valence-electron chi connectivity index (χ3n) is 3.21. The van der Waals surface area contributed by atoms with Crippen LogP contribution in [0.1, 0.15) is 6.92 Å². The Hall–Kier alpha value is -2.64. The van der Waals surface area contributed by atoms with Crippen molar-refractivity contribution in [3.8, 4) is 11.4 Å². The average Bonchev–Trinajstić information content (AvgIpc) is 2.92. The van der Waals surface area contributed by atoms with Crippen LogP contribution in [-0.4, -0.2) is 20.7 Å². The summed E-state index contributed by atoms with van der Waals surface area (Å²) in [4.78, 5) is 21.7. The Kier molecular flexibility index (Phi) is 4.13. The number of hydrogen-bond acceptors (Lipinski definition) is 5. The minimum absolute atomic E-state index is 0.0561. The Bertz CT molecular complexity index is 984. The van der Waals surface area contributed by atoms with Crippen molar-refractivity contribution in [1.29, 1.82) is 0 Å². The van der Waals surface area contributed by atoms with Gasteiger partial charge in [-0.25, -0.2) is 4.68 Å². The number of benzene rings is 2. The van der Waals surface area contributed by atoms with Gasteiger partial charge in [-0.2, -0.15) is 5.10 Å². The van der Waals surface area contributed by atoms with Crippen LogP contribution in [-0.2, 0) is 4.79 Å². The van der Waals surface area contributed by atoms with Crippen LogP contribution < -0.4 is 4.74 Å². The number of fused-ring (bicyclic) bond motifs is 1. The molecule has 0 amide bonds. The van der Waals surface area contributed by atoms with Gasteiger partial charge in [0.1, 0.15) is 5.69 Å². The first-order chi connectivity index (χ1) is 11.4. The molecule has 0 spiro atoms.